The minimum atomic E-state index is -1.18. The van der Waals surface area contributed by atoms with Gasteiger partial charge in [-0.2, -0.15) is 9.37 Å². The summed E-state index contributed by atoms with van der Waals surface area (Å²) in [5.74, 6) is -1.20. The van der Waals surface area contributed by atoms with Gasteiger partial charge >= 0.3 is 0 Å². The Labute approximate surface area is 143 Å². The smallest absolute Gasteiger partial charge is 0.229 e. The molecule has 4 N–H and O–H groups in total. The maximum atomic E-state index is 13.9. The summed E-state index contributed by atoms with van der Waals surface area (Å²) in [6, 6.07) is 0.691. The molecule has 8 nitrogen and oxygen atoms in total. The number of aliphatic hydroxyl groups excluding tert-OH is 2. The summed E-state index contributed by atoms with van der Waals surface area (Å²) in [5.41, 5.74) is 0.299. The van der Waals surface area contributed by atoms with Crippen LogP contribution < -0.4 is 10.6 Å². The van der Waals surface area contributed by atoms with E-state index >= 15 is 0 Å². The van der Waals surface area contributed by atoms with Crippen molar-refractivity contribution in [3.05, 3.63) is 18.3 Å². The van der Waals surface area contributed by atoms with Gasteiger partial charge in [-0.15, -0.1) is 0 Å². The van der Waals surface area contributed by atoms with Crippen LogP contribution in [-0.4, -0.2) is 56.5 Å². The Morgan fingerprint density at radius 2 is 2.28 bits per heavy atom. The monoisotopic (exact) mass is 349 g/mol. The fraction of sp³-hybridized carbons (Fsp3) is 0.562. The van der Waals surface area contributed by atoms with E-state index in [0.717, 1.165) is 0 Å². The molecule has 9 heteroatoms. The summed E-state index contributed by atoms with van der Waals surface area (Å²) < 4.78 is 15.5. The number of amides is 1. The first-order valence-corrected chi connectivity index (χ1v) is 8.31. The van der Waals surface area contributed by atoms with E-state index < -0.39 is 29.6 Å². The van der Waals surface area contributed by atoms with E-state index in [9.17, 15) is 19.4 Å². The molecule has 134 valence electrons. The third-order valence-corrected chi connectivity index (χ3v) is 5.51. The molecule has 0 unspecified atom stereocenters. The number of pyridine rings is 1. The molecule has 0 aliphatic heterocycles. The van der Waals surface area contributed by atoms with Gasteiger partial charge in [0.2, 0.25) is 11.9 Å². The van der Waals surface area contributed by atoms with Crippen molar-refractivity contribution in [2.45, 2.75) is 31.6 Å². The Balaban J connectivity index is 1.80. The maximum absolute atomic E-state index is 13.9. The van der Waals surface area contributed by atoms with Crippen LogP contribution in [0.1, 0.15) is 19.4 Å². The van der Waals surface area contributed by atoms with Gasteiger partial charge in [0.1, 0.15) is 11.6 Å². The summed E-state index contributed by atoms with van der Waals surface area (Å²) >= 11 is 0. The molecule has 0 radical (unpaired) electrons. The highest BCUT2D eigenvalue weighted by molar-refractivity contribution is 5.88. The molecule has 5 atom stereocenters. The highest BCUT2D eigenvalue weighted by Crippen LogP contribution is 2.67. The number of hydrogen-bond acceptors (Lipinski definition) is 6. The normalized spacial score (nSPS) is 33.3. The molecular formula is C16H20FN5O3. The molecule has 2 aliphatic rings. The average Bonchev–Trinajstić information content (AvgIpc) is 3.13. The second-order valence-corrected chi connectivity index (χ2v) is 6.70. The van der Waals surface area contributed by atoms with Crippen LogP contribution in [0.4, 0.5) is 10.1 Å². The molecule has 2 fully saturated rings. The first kappa shape index (κ1) is 16.2. The van der Waals surface area contributed by atoms with E-state index in [2.05, 4.69) is 20.6 Å². The fourth-order valence-electron chi connectivity index (χ4n) is 4.31. The number of aromatic nitrogens is 3. The first-order valence-electron chi connectivity index (χ1n) is 8.31. The zero-order valence-corrected chi connectivity index (χ0v) is 13.9. The van der Waals surface area contributed by atoms with Crippen molar-refractivity contribution in [2.24, 2.45) is 11.3 Å². The van der Waals surface area contributed by atoms with Gasteiger partial charge in [0.15, 0.2) is 5.65 Å². The molecule has 1 amide bonds. The Bertz CT molecular complexity index is 856. The maximum Gasteiger partial charge on any atom is 0.229 e. The van der Waals surface area contributed by atoms with Gasteiger partial charge in [-0.25, -0.2) is 4.98 Å². The van der Waals surface area contributed by atoms with Crippen LogP contribution in [0.5, 0.6) is 0 Å². The van der Waals surface area contributed by atoms with E-state index in [4.69, 9.17) is 0 Å². The molecule has 0 spiro atoms. The van der Waals surface area contributed by atoms with Crippen molar-refractivity contribution in [1.82, 2.24) is 19.9 Å². The van der Waals surface area contributed by atoms with E-state index in [1.807, 2.05) is 6.92 Å². The number of rotatable bonds is 4. The molecule has 2 saturated carbocycles. The van der Waals surface area contributed by atoms with Gasteiger partial charge in [0, 0.05) is 25.6 Å². The van der Waals surface area contributed by atoms with Crippen molar-refractivity contribution < 1.29 is 19.4 Å². The summed E-state index contributed by atoms with van der Waals surface area (Å²) in [5, 5.41) is 26.6. The van der Waals surface area contributed by atoms with Gasteiger partial charge < -0.3 is 25.4 Å². The lowest BCUT2D eigenvalue weighted by atomic mass is 9.98. The number of nitrogens with zero attached hydrogens (tertiary/aromatic N) is 3. The molecule has 4 rings (SSSR count). The highest BCUT2D eigenvalue weighted by atomic mass is 19.1. The van der Waals surface area contributed by atoms with Crippen molar-refractivity contribution in [2.75, 3.05) is 18.9 Å². The van der Waals surface area contributed by atoms with Crippen molar-refractivity contribution in [1.29, 1.82) is 0 Å². The Kier molecular flexibility index (Phi) is 3.48. The van der Waals surface area contributed by atoms with E-state index in [-0.39, 0.29) is 17.5 Å². The van der Waals surface area contributed by atoms with Crippen LogP contribution in [0, 0.1) is 17.3 Å². The minimum Gasteiger partial charge on any atom is -0.389 e. The standard InChI is InChI=1S/C16H20FN5O3/c1-3-19-8-4-9(17)21-14-10(8)20-6-22(14)11-7-5-16(7,15(25)18-2)13(24)12(11)23/h4,6-7,11-13,23-24H,3,5H2,1-2H3,(H,18,25)(H,19,21)/t7-,11-,12+,13+,16+/m1/s1. The predicted octanol–water partition coefficient (Wildman–Crippen LogP) is 0.0310. The quantitative estimate of drug-likeness (QED) is 0.580. The van der Waals surface area contributed by atoms with Gasteiger partial charge in [-0.3, -0.25) is 4.79 Å². The number of nitrogens with one attached hydrogen (secondary N) is 2. The number of hydrogen-bond donors (Lipinski definition) is 4. The van der Waals surface area contributed by atoms with Gasteiger partial charge in [0.05, 0.1) is 29.6 Å². The molecule has 0 saturated heterocycles. The third kappa shape index (κ3) is 2.02. The number of imidazole rings is 1. The largest absolute Gasteiger partial charge is 0.389 e. The zero-order valence-electron chi connectivity index (χ0n) is 13.9. The van der Waals surface area contributed by atoms with Crippen LogP contribution >= 0.6 is 0 Å². The molecule has 2 aliphatic carbocycles. The molecule has 2 aromatic rings. The summed E-state index contributed by atoms with van der Waals surface area (Å²) in [6.45, 7) is 2.48. The number of carbonyl (C=O) groups is 1. The Hall–Kier alpha value is -2.26. The Morgan fingerprint density at radius 3 is 2.96 bits per heavy atom. The van der Waals surface area contributed by atoms with Gasteiger partial charge in [0.25, 0.3) is 0 Å². The van der Waals surface area contributed by atoms with Crippen molar-refractivity contribution in [3.8, 4) is 0 Å². The molecule has 25 heavy (non-hydrogen) atoms. The fourth-order valence-corrected chi connectivity index (χ4v) is 4.31. The second kappa shape index (κ2) is 5.37. The SMILES string of the molecule is CCNc1cc(F)nc2c1ncn2[C@H]1[C@H](O)[C@H](O)[C@]2(C(=O)NC)C[C@H]12. The lowest BCUT2D eigenvalue weighted by Crippen LogP contribution is -2.41. The predicted molar refractivity (Wildman–Crippen MR) is 87.3 cm³/mol. The third-order valence-electron chi connectivity index (χ3n) is 5.51. The number of aliphatic hydroxyl groups is 2. The lowest BCUT2D eigenvalue weighted by molar-refractivity contribution is -0.132. The highest BCUT2D eigenvalue weighted by Gasteiger charge is 2.75. The van der Waals surface area contributed by atoms with Crippen molar-refractivity contribution >= 4 is 22.8 Å². The van der Waals surface area contributed by atoms with Crippen LogP contribution in [-0.2, 0) is 4.79 Å². The van der Waals surface area contributed by atoms with Crippen LogP contribution in [0.25, 0.3) is 11.2 Å². The van der Waals surface area contributed by atoms with E-state index in [1.165, 1.54) is 19.4 Å². The van der Waals surface area contributed by atoms with Crippen LogP contribution in [0.3, 0.4) is 0 Å². The molecule has 0 aromatic carbocycles. The number of anilines is 1. The average molecular weight is 349 g/mol. The van der Waals surface area contributed by atoms with Gasteiger partial charge in [-0.1, -0.05) is 0 Å². The van der Waals surface area contributed by atoms with Gasteiger partial charge in [-0.05, 0) is 13.3 Å². The van der Waals surface area contributed by atoms with Crippen LogP contribution in [0.2, 0.25) is 0 Å². The molecular weight excluding hydrogens is 329 g/mol. The number of carbonyl (C=O) groups excluding carboxylic acids is 1. The summed E-state index contributed by atoms with van der Waals surface area (Å²) in [6.07, 6.45) is -0.385. The number of fused-ring (bicyclic) bond motifs is 2. The van der Waals surface area contributed by atoms with Crippen LogP contribution in [0.15, 0.2) is 12.4 Å². The molecule has 2 heterocycles. The minimum absolute atomic E-state index is 0.248. The topological polar surface area (TPSA) is 112 Å². The second-order valence-electron chi connectivity index (χ2n) is 6.70. The zero-order chi connectivity index (χ0) is 17.9. The summed E-state index contributed by atoms with van der Waals surface area (Å²) in [7, 11) is 1.51. The number of halogens is 1. The molecule has 2 aromatic heterocycles. The Morgan fingerprint density at radius 1 is 1.52 bits per heavy atom. The summed E-state index contributed by atoms with van der Waals surface area (Å²) in [4.78, 5) is 20.4. The lowest BCUT2D eigenvalue weighted by Gasteiger charge is -2.23. The first-order chi connectivity index (χ1) is 12.0. The van der Waals surface area contributed by atoms with Crippen molar-refractivity contribution in [3.63, 3.8) is 0 Å². The van der Waals surface area contributed by atoms with E-state index in [0.29, 0.717) is 24.2 Å². The van der Waals surface area contributed by atoms with E-state index in [1.54, 1.807) is 4.57 Å². The molecule has 0 bridgehead atoms.